The van der Waals surface area contributed by atoms with Gasteiger partial charge in [0.2, 0.25) is 0 Å². The first-order valence-electron chi connectivity index (χ1n) is 12.5. The van der Waals surface area contributed by atoms with Crippen molar-refractivity contribution in [3.63, 3.8) is 0 Å². The first kappa shape index (κ1) is 29.1. The first-order valence-corrected chi connectivity index (χ1v) is 12.5. The minimum absolute atomic E-state index is 0. The van der Waals surface area contributed by atoms with E-state index in [9.17, 15) is 0 Å². The Hall–Kier alpha value is -2.44. The number of hydrogen-bond acceptors (Lipinski definition) is 4. The van der Waals surface area contributed by atoms with Crippen molar-refractivity contribution in [1.29, 1.82) is 0 Å². The summed E-state index contributed by atoms with van der Waals surface area (Å²) in [6.45, 7) is 8.38. The van der Waals surface area contributed by atoms with Crippen LogP contribution in [0.25, 0.3) is 11.1 Å². The summed E-state index contributed by atoms with van der Waals surface area (Å²) in [7, 11) is 0. The number of benzene rings is 3. The number of rotatable bonds is 7. The second-order valence-corrected chi connectivity index (χ2v) is 9.95. The van der Waals surface area contributed by atoms with Crippen LogP contribution in [0.5, 0.6) is 11.5 Å². The van der Waals surface area contributed by atoms with Crippen molar-refractivity contribution in [2.75, 3.05) is 13.2 Å². The van der Waals surface area contributed by atoms with Gasteiger partial charge in [-0.05, 0) is 66.3 Å². The van der Waals surface area contributed by atoms with Crippen LogP contribution in [0.15, 0.2) is 48.5 Å². The molecule has 0 atom stereocenters. The third-order valence-electron chi connectivity index (χ3n) is 6.99. The van der Waals surface area contributed by atoms with Gasteiger partial charge < -0.3 is 19.7 Å². The predicted octanol–water partition coefficient (Wildman–Crippen LogP) is 3.21. The zero-order valence-corrected chi connectivity index (χ0v) is 24.6. The number of hydrogen-bond donors (Lipinski definition) is 2. The van der Waals surface area contributed by atoms with Crippen molar-refractivity contribution >= 4 is 5.97 Å². The molecule has 37 heavy (non-hydrogen) atoms. The number of aliphatic carboxylic acids is 1. The molecule has 3 aromatic rings. The predicted molar refractivity (Wildman–Crippen MR) is 142 cm³/mol. The molecule has 5 nitrogen and oxygen atoms in total. The Kier molecular flexibility index (Phi) is 9.76. The van der Waals surface area contributed by atoms with Gasteiger partial charge in [0.25, 0.3) is 5.97 Å². The van der Waals surface area contributed by atoms with Gasteiger partial charge in [0.1, 0.15) is 19.0 Å². The Labute approximate surface area is 242 Å². The molecule has 0 aliphatic heterocycles. The number of fused-ring (bicyclic) bond motifs is 1. The van der Waals surface area contributed by atoms with E-state index in [1.54, 1.807) is 0 Å². The molecule has 2 aliphatic carbocycles. The molecule has 5 rings (SSSR count). The van der Waals surface area contributed by atoms with E-state index in [2.05, 4.69) is 75.7 Å². The van der Waals surface area contributed by atoms with E-state index in [0.717, 1.165) is 18.4 Å². The number of carboxylic acid groups (broad SMARTS) is 1. The van der Waals surface area contributed by atoms with Crippen molar-refractivity contribution < 1.29 is 54.0 Å². The Bertz CT molecular complexity index is 1240. The molecular formula is C31H35NaO5. The van der Waals surface area contributed by atoms with Crippen molar-refractivity contribution in [1.82, 2.24) is 0 Å². The molecule has 0 unspecified atom stereocenters. The molecule has 2 N–H and O–H groups in total. The van der Waals surface area contributed by atoms with E-state index in [1.165, 1.54) is 63.8 Å². The van der Waals surface area contributed by atoms with Gasteiger partial charge in [-0.1, -0.05) is 55.0 Å². The van der Waals surface area contributed by atoms with Crippen LogP contribution in [0.1, 0.15) is 53.1 Å². The largest absolute Gasteiger partial charge is 1.00 e. The molecule has 0 amide bonds. The second-order valence-electron chi connectivity index (χ2n) is 9.95. The summed E-state index contributed by atoms with van der Waals surface area (Å²) in [6.07, 6.45) is 6.30. The average Bonchev–Trinajstić information content (AvgIpc) is 3.46. The number of aliphatic hydroxyl groups excluding tert-OH is 1. The maximum Gasteiger partial charge on any atom is 1.00 e. The number of carboxylic acids is 1. The van der Waals surface area contributed by atoms with Crippen molar-refractivity contribution in [3.05, 3.63) is 88.3 Å². The molecule has 1 fully saturated rings. The van der Waals surface area contributed by atoms with Gasteiger partial charge in [0, 0.05) is 6.92 Å². The SMILES string of the molecule is CC(=O)O.Cc1cc(OCCO)cc(C)c1-c1cccc(COc2ccc3c(c2)CC2([CH-]3)CC2)c1C.[Na+]. The van der Waals surface area contributed by atoms with Crippen LogP contribution in [0.4, 0.5) is 0 Å². The van der Waals surface area contributed by atoms with E-state index >= 15 is 0 Å². The Morgan fingerprint density at radius 2 is 1.68 bits per heavy atom. The first-order chi connectivity index (χ1) is 17.2. The Morgan fingerprint density at radius 3 is 2.30 bits per heavy atom. The molecule has 190 valence electrons. The standard InChI is InChI=1S/C29H31O3.C2H4O2.Na/c1-19-13-26(31-12-11-30)14-20(2)28(19)27-6-4-5-23(21(27)3)18-32-25-8-7-22-16-29(9-10-29)17-24(22)15-25;1-2(3)4;/h4-8,13-16,30H,9-12,17-18H2,1-3H3;1H3,(H,3,4);/q-1;;+1. The topological polar surface area (TPSA) is 76.0 Å². The van der Waals surface area contributed by atoms with Crippen LogP contribution in [-0.2, 0) is 17.8 Å². The molecule has 2 aliphatic rings. The number of aryl methyl sites for hydroxylation is 2. The fourth-order valence-electron chi connectivity index (χ4n) is 5.07. The molecule has 1 saturated carbocycles. The minimum Gasteiger partial charge on any atom is -0.491 e. The quantitative estimate of drug-likeness (QED) is 0.377. The van der Waals surface area contributed by atoms with Gasteiger partial charge in [-0.3, -0.25) is 4.79 Å². The van der Waals surface area contributed by atoms with Crippen molar-refractivity contribution in [2.45, 2.75) is 53.6 Å². The monoisotopic (exact) mass is 510 g/mol. The van der Waals surface area contributed by atoms with Crippen LogP contribution >= 0.6 is 0 Å². The van der Waals surface area contributed by atoms with Gasteiger partial charge in [-0.2, -0.15) is 18.1 Å². The Morgan fingerprint density at radius 1 is 1.00 bits per heavy atom. The summed E-state index contributed by atoms with van der Waals surface area (Å²) in [6, 6.07) is 17.1. The molecule has 0 aromatic heterocycles. The van der Waals surface area contributed by atoms with Gasteiger partial charge in [0.15, 0.2) is 0 Å². The normalized spacial score (nSPS) is 14.0. The zero-order chi connectivity index (χ0) is 25.9. The average molecular weight is 511 g/mol. The molecule has 0 bridgehead atoms. The number of aliphatic hydroxyl groups is 1. The van der Waals surface area contributed by atoms with Gasteiger partial charge >= 0.3 is 29.6 Å². The minimum atomic E-state index is -0.833. The van der Waals surface area contributed by atoms with E-state index < -0.39 is 5.97 Å². The van der Waals surface area contributed by atoms with Crippen LogP contribution in [0.2, 0.25) is 0 Å². The maximum absolute atomic E-state index is 9.03. The summed E-state index contributed by atoms with van der Waals surface area (Å²) in [5.41, 5.74) is 10.6. The van der Waals surface area contributed by atoms with Crippen LogP contribution < -0.4 is 39.0 Å². The van der Waals surface area contributed by atoms with Crippen LogP contribution in [-0.4, -0.2) is 29.4 Å². The summed E-state index contributed by atoms with van der Waals surface area (Å²) in [5, 5.41) is 16.4. The van der Waals surface area contributed by atoms with E-state index in [4.69, 9.17) is 24.5 Å². The maximum atomic E-state index is 9.03. The fourth-order valence-corrected chi connectivity index (χ4v) is 5.07. The summed E-state index contributed by atoms with van der Waals surface area (Å²) >= 11 is 0. The summed E-state index contributed by atoms with van der Waals surface area (Å²) < 4.78 is 11.9. The summed E-state index contributed by atoms with van der Waals surface area (Å²) in [5.74, 6) is 0.925. The third-order valence-corrected chi connectivity index (χ3v) is 6.99. The number of ether oxygens (including phenoxy) is 2. The van der Waals surface area contributed by atoms with Crippen LogP contribution in [0.3, 0.4) is 0 Å². The molecule has 0 heterocycles. The van der Waals surface area contributed by atoms with Gasteiger partial charge in [0.05, 0.1) is 12.4 Å². The molecule has 3 aromatic carbocycles. The summed E-state index contributed by atoms with van der Waals surface area (Å²) in [4.78, 5) is 9.00. The van der Waals surface area contributed by atoms with E-state index in [1.807, 2.05) is 0 Å². The van der Waals surface area contributed by atoms with Gasteiger partial charge in [-0.25, -0.2) is 0 Å². The molecule has 0 saturated heterocycles. The zero-order valence-electron chi connectivity index (χ0n) is 22.6. The third kappa shape index (κ3) is 7.11. The van der Waals surface area contributed by atoms with Gasteiger partial charge in [-0.15, -0.1) is 5.56 Å². The van der Waals surface area contributed by atoms with Crippen LogP contribution in [0, 0.1) is 32.6 Å². The van der Waals surface area contributed by atoms with E-state index in [-0.39, 0.29) is 36.2 Å². The molecule has 1 spiro atoms. The fraction of sp³-hybridized carbons (Fsp3) is 0.355. The molecular weight excluding hydrogens is 475 g/mol. The van der Waals surface area contributed by atoms with E-state index in [0.29, 0.717) is 18.6 Å². The molecule has 6 heteroatoms. The van der Waals surface area contributed by atoms with Crippen molar-refractivity contribution in [2.24, 2.45) is 5.41 Å². The Balaban J connectivity index is 0.000000711. The van der Waals surface area contributed by atoms with Crippen molar-refractivity contribution in [3.8, 4) is 22.6 Å². The second kappa shape index (κ2) is 12.4. The molecule has 0 radical (unpaired) electrons. The smallest absolute Gasteiger partial charge is 0.491 e. The number of carbonyl (C=O) groups is 1.